The molecule has 2 N–H and O–H groups in total. The zero-order valence-corrected chi connectivity index (χ0v) is 11.5. The molecular formula is C11H20BN3O4. The Morgan fingerprint density at radius 3 is 2.42 bits per heavy atom. The second kappa shape index (κ2) is 7.27. The molecule has 1 fully saturated rings. The van der Waals surface area contributed by atoms with Gasteiger partial charge in [0.1, 0.15) is 5.69 Å². The molecule has 0 saturated carbocycles. The Morgan fingerprint density at radius 2 is 1.89 bits per heavy atom. The van der Waals surface area contributed by atoms with Crippen molar-refractivity contribution in [2.24, 2.45) is 7.05 Å². The number of anilines is 1. The quantitative estimate of drug-likeness (QED) is 0.624. The van der Waals surface area contributed by atoms with E-state index in [0.717, 1.165) is 4.68 Å². The molecule has 0 aliphatic carbocycles. The Kier molecular flexibility index (Phi) is 6.00. The third kappa shape index (κ3) is 3.79. The first-order valence-corrected chi connectivity index (χ1v) is 6.36. The maximum absolute atomic E-state index is 11.9. The van der Waals surface area contributed by atoms with Crippen LogP contribution in [0, 0.1) is 0 Å². The van der Waals surface area contributed by atoms with Crippen LogP contribution in [0.2, 0.25) is 0 Å². The molecule has 0 atom stereocenters. The van der Waals surface area contributed by atoms with Crippen LogP contribution in [-0.2, 0) is 11.8 Å². The molecule has 1 saturated heterocycles. The van der Waals surface area contributed by atoms with Crippen molar-refractivity contribution in [3.63, 3.8) is 0 Å². The molecular weight excluding hydrogens is 249 g/mol. The molecule has 0 aromatic carbocycles. The fourth-order valence-corrected chi connectivity index (χ4v) is 1.77. The van der Waals surface area contributed by atoms with E-state index in [1.807, 2.05) is 18.7 Å². The summed E-state index contributed by atoms with van der Waals surface area (Å²) in [6.07, 6.45) is 0. The third-order valence-corrected chi connectivity index (χ3v) is 2.68. The maximum Gasteiger partial charge on any atom is 0.510 e. The second-order valence-corrected chi connectivity index (χ2v) is 3.86. The zero-order chi connectivity index (χ0) is 14.4. The van der Waals surface area contributed by atoms with Gasteiger partial charge in [-0.25, -0.2) is 4.68 Å². The monoisotopic (exact) mass is 269 g/mol. The number of rotatable bonds is 2. The molecule has 8 heteroatoms. The van der Waals surface area contributed by atoms with E-state index in [0.29, 0.717) is 32.0 Å². The van der Waals surface area contributed by atoms with Crippen molar-refractivity contribution in [2.45, 2.75) is 13.8 Å². The van der Waals surface area contributed by atoms with E-state index in [4.69, 9.17) is 14.8 Å². The normalized spacial score (nSPS) is 14.7. The van der Waals surface area contributed by atoms with Gasteiger partial charge in [-0.15, -0.1) is 0 Å². The largest absolute Gasteiger partial charge is 0.510 e. The summed E-state index contributed by atoms with van der Waals surface area (Å²) in [4.78, 5) is 13.8. The van der Waals surface area contributed by atoms with Gasteiger partial charge < -0.3 is 19.7 Å². The number of aryl methyl sites for hydroxylation is 1. The molecule has 1 aliphatic rings. The van der Waals surface area contributed by atoms with Crippen LogP contribution >= 0.6 is 0 Å². The van der Waals surface area contributed by atoms with E-state index in [9.17, 15) is 4.79 Å². The summed E-state index contributed by atoms with van der Waals surface area (Å²) in [5, 5.41) is 22.0. The van der Waals surface area contributed by atoms with E-state index < -0.39 is 7.12 Å². The summed E-state index contributed by atoms with van der Waals surface area (Å²) in [5.74, 6) is 0. The van der Waals surface area contributed by atoms with Gasteiger partial charge in [-0.3, -0.25) is 4.79 Å². The average Bonchev–Trinajstić information content (AvgIpc) is 2.44. The topological polar surface area (TPSA) is 87.8 Å². The summed E-state index contributed by atoms with van der Waals surface area (Å²) >= 11 is 0. The van der Waals surface area contributed by atoms with Crippen molar-refractivity contribution in [3.05, 3.63) is 16.4 Å². The first-order chi connectivity index (χ1) is 9.09. The van der Waals surface area contributed by atoms with Gasteiger partial charge in [0.15, 0.2) is 0 Å². The minimum Gasteiger partial charge on any atom is -0.422 e. The van der Waals surface area contributed by atoms with Gasteiger partial charge in [0.2, 0.25) is 0 Å². The molecule has 2 heterocycles. The molecule has 0 unspecified atom stereocenters. The molecule has 106 valence electrons. The van der Waals surface area contributed by atoms with E-state index in [1.54, 1.807) is 0 Å². The number of ether oxygens (including phenoxy) is 1. The summed E-state index contributed by atoms with van der Waals surface area (Å²) in [6.45, 7) is 6.34. The van der Waals surface area contributed by atoms with Crippen LogP contribution in [0.15, 0.2) is 10.9 Å². The highest BCUT2D eigenvalue weighted by Crippen LogP contribution is 2.08. The number of nitrogens with zero attached hydrogens (tertiary/aromatic N) is 3. The van der Waals surface area contributed by atoms with Gasteiger partial charge in [0, 0.05) is 20.1 Å². The van der Waals surface area contributed by atoms with Gasteiger partial charge in [0.25, 0.3) is 5.56 Å². The van der Waals surface area contributed by atoms with E-state index >= 15 is 0 Å². The van der Waals surface area contributed by atoms with Crippen molar-refractivity contribution in [3.8, 4) is 0 Å². The van der Waals surface area contributed by atoms with Gasteiger partial charge in [0.05, 0.1) is 18.8 Å². The minimum absolute atomic E-state index is 0.0635. The van der Waals surface area contributed by atoms with E-state index in [1.165, 1.54) is 13.1 Å². The number of morpholine rings is 1. The summed E-state index contributed by atoms with van der Waals surface area (Å²) in [6, 6.07) is 1.42. The predicted molar refractivity (Wildman–Crippen MR) is 73.7 cm³/mol. The lowest BCUT2D eigenvalue weighted by Gasteiger charge is -2.28. The Labute approximate surface area is 112 Å². The highest BCUT2D eigenvalue weighted by atomic mass is 16.5. The van der Waals surface area contributed by atoms with Crippen molar-refractivity contribution < 1.29 is 14.8 Å². The van der Waals surface area contributed by atoms with Crippen molar-refractivity contribution >= 4 is 18.4 Å². The predicted octanol–water partition coefficient (Wildman–Crippen LogP) is -1.68. The van der Waals surface area contributed by atoms with Crippen LogP contribution < -0.4 is 16.1 Å². The molecule has 0 spiro atoms. The van der Waals surface area contributed by atoms with Crippen LogP contribution in [0.4, 0.5) is 5.69 Å². The molecule has 1 aromatic heterocycles. The highest BCUT2D eigenvalue weighted by molar-refractivity contribution is 6.57. The third-order valence-electron chi connectivity index (χ3n) is 2.68. The number of hydrogen-bond donors (Lipinski definition) is 2. The fraction of sp³-hybridized carbons (Fsp3) is 0.636. The molecule has 1 aromatic rings. The molecule has 0 amide bonds. The van der Waals surface area contributed by atoms with Crippen LogP contribution in [0.1, 0.15) is 13.8 Å². The van der Waals surface area contributed by atoms with Gasteiger partial charge in [-0.2, -0.15) is 5.10 Å². The first kappa shape index (κ1) is 15.7. The standard InChI is InChI=1S/C9H14BN3O4.C2H6/c1-12-9(14)7(6-8(11-12)10(15)16)13-2-4-17-5-3-13;1-2/h6,15-16H,2-5H2,1H3;1-2H3. The van der Waals surface area contributed by atoms with E-state index in [2.05, 4.69) is 5.10 Å². The van der Waals surface area contributed by atoms with Crippen LogP contribution in [0.5, 0.6) is 0 Å². The van der Waals surface area contributed by atoms with Crippen LogP contribution in [0.25, 0.3) is 0 Å². The number of hydrogen-bond acceptors (Lipinski definition) is 6. The molecule has 1 aliphatic heterocycles. The molecule has 0 bridgehead atoms. The Balaban J connectivity index is 0.000000861. The van der Waals surface area contributed by atoms with Crippen LogP contribution in [-0.4, -0.2) is 53.3 Å². The van der Waals surface area contributed by atoms with Crippen molar-refractivity contribution in [1.82, 2.24) is 9.78 Å². The SMILES string of the molecule is CC.Cn1nc(B(O)O)cc(N2CCOCC2)c1=O. The van der Waals surface area contributed by atoms with Gasteiger partial charge >= 0.3 is 7.12 Å². The number of aromatic nitrogens is 2. The summed E-state index contributed by atoms with van der Waals surface area (Å²) in [5.41, 5.74) is 0.235. The smallest absolute Gasteiger partial charge is 0.422 e. The lowest BCUT2D eigenvalue weighted by Crippen LogP contribution is -2.44. The maximum atomic E-state index is 11.9. The summed E-state index contributed by atoms with van der Waals surface area (Å²) in [7, 11) is -0.195. The summed E-state index contributed by atoms with van der Waals surface area (Å²) < 4.78 is 6.31. The zero-order valence-electron chi connectivity index (χ0n) is 11.5. The van der Waals surface area contributed by atoms with Crippen molar-refractivity contribution in [2.75, 3.05) is 31.2 Å². The molecule has 7 nitrogen and oxygen atoms in total. The Morgan fingerprint density at radius 1 is 1.32 bits per heavy atom. The molecule has 0 radical (unpaired) electrons. The van der Waals surface area contributed by atoms with Crippen molar-refractivity contribution in [1.29, 1.82) is 0 Å². The fourth-order valence-electron chi connectivity index (χ4n) is 1.77. The highest BCUT2D eigenvalue weighted by Gasteiger charge is 2.21. The molecule has 19 heavy (non-hydrogen) atoms. The second-order valence-electron chi connectivity index (χ2n) is 3.86. The first-order valence-electron chi connectivity index (χ1n) is 6.36. The van der Waals surface area contributed by atoms with Crippen LogP contribution in [0.3, 0.4) is 0 Å². The Bertz CT molecular complexity index is 458. The Hall–Kier alpha value is -1.38. The van der Waals surface area contributed by atoms with E-state index in [-0.39, 0.29) is 11.2 Å². The lowest BCUT2D eigenvalue weighted by molar-refractivity contribution is 0.122. The lowest BCUT2D eigenvalue weighted by atomic mass is 9.86. The molecule has 2 rings (SSSR count). The van der Waals surface area contributed by atoms with Gasteiger partial charge in [-0.1, -0.05) is 13.8 Å². The van der Waals surface area contributed by atoms with Gasteiger partial charge in [-0.05, 0) is 6.07 Å². The minimum atomic E-state index is -1.68. The average molecular weight is 269 g/mol.